The van der Waals surface area contributed by atoms with E-state index in [2.05, 4.69) is 53.3 Å². The minimum Gasteiger partial charge on any atom is -0.343 e. The minimum absolute atomic E-state index is 0.0702. The zero-order chi connectivity index (χ0) is 22.3. The molecule has 0 aromatic heterocycles. The summed E-state index contributed by atoms with van der Waals surface area (Å²) in [4.78, 5) is 10.7. The Labute approximate surface area is 186 Å². The maximum atomic E-state index is 11.1. The van der Waals surface area contributed by atoms with Gasteiger partial charge in [-0.25, -0.2) is 4.58 Å². The molecule has 3 aromatic carbocycles. The number of rotatable bonds is 3. The van der Waals surface area contributed by atoms with Crippen molar-refractivity contribution in [2.45, 2.75) is 38.3 Å². The first-order valence-electron chi connectivity index (χ1n) is 10.8. The van der Waals surface area contributed by atoms with E-state index in [1.54, 1.807) is 12.1 Å². The molecule has 6 heteroatoms. The molecular formula is C26H25N2O4+. The van der Waals surface area contributed by atoms with Crippen molar-refractivity contribution in [1.82, 2.24) is 0 Å². The van der Waals surface area contributed by atoms with E-state index in [-0.39, 0.29) is 22.8 Å². The fraction of sp³-hybridized carbons (Fsp3) is 0.269. The summed E-state index contributed by atoms with van der Waals surface area (Å²) in [7, 11) is 0. The van der Waals surface area contributed by atoms with Crippen molar-refractivity contribution in [1.29, 1.82) is 0 Å². The Bertz CT molecular complexity index is 1200. The number of nitro benzene ring substituents is 1. The highest BCUT2D eigenvalue weighted by molar-refractivity contribution is 5.89. The second-order valence-electron chi connectivity index (χ2n) is 8.71. The molecule has 5 rings (SSSR count). The van der Waals surface area contributed by atoms with Gasteiger partial charge >= 0.3 is 0 Å². The summed E-state index contributed by atoms with van der Waals surface area (Å²) in [6, 6.07) is 23.4. The van der Waals surface area contributed by atoms with E-state index >= 15 is 0 Å². The van der Waals surface area contributed by atoms with E-state index in [1.807, 2.05) is 19.9 Å². The highest BCUT2D eigenvalue weighted by Gasteiger charge is 2.44. The van der Waals surface area contributed by atoms with E-state index < -0.39 is 5.79 Å². The number of ether oxygens (including phenoxy) is 2. The topological polar surface area (TPSA) is 64.6 Å². The number of non-ortho nitro benzene ring substituents is 1. The van der Waals surface area contributed by atoms with Crippen molar-refractivity contribution in [3.8, 4) is 11.1 Å². The van der Waals surface area contributed by atoms with Crippen LogP contribution in [0.25, 0.3) is 11.1 Å². The zero-order valence-electron chi connectivity index (χ0n) is 18.1. The molecule has 0 unspecified atom stereocenters. The molecule has 6 nitrogen and oxygen atoms in total. The summed E-state index contributed by atoms with van der Waals surface area (Å²) in [6.45, 7) is 5.00. The molecule has 2 atom stereocenters. The molecule has 0 amide bonds. The van der Waals surface area contributed by atoms with Crippen LogP contribution < -0.4 is 0 Å². The van der Waals surface area contributed by atoms with Crippen LogP contribution in [0, 0.1) is 10.1 Å². The molecule has 0 bridgehead atoms. The summed E-state index contributed by atoms with van der Waals surface area (Å²) in [6.07, 6.45) is 1.89. The first kappa shape index (κ1) is 20.5. The Morgan fingerprint density at radius 3 is 2.41 bits per heavy atom. The van der Waals surface area contributed by atoms with E-state index in [1.165, 1.54) is 28.8 Å². The molecule has 0 aliphatic carbocycles. The van der Waals surface area contributed by atoms with Crippen molar-refractivity contribution in [3.05, 3.63) is 99.6 Å². The first-order valence-corrected chi connectivity index (χ1v) is 10.8. The summed E-state index contributed by atoms with van der Waals surface area (Å²) < 4.78 is 14.7. The van der Waals surface area contributed by atoms with Gasteiger partial charge in [-0.3, -0.25) is 10.1 Å². The average Bonchev–Trinajstić information content (AvgIpc) is 2.95. The van der Waals surface area contributed by atoms with Gasteiger partial charge in [0, 0.05) is 23.3 Å². The number of nitro groups is 1. The van der Waals surface area contributed by atoms with Crippen LogP contribution in [-0.2, 0) is 16.0 Å². The lowest BCUT2D eigenvalue weighted by Gasteiger charge is -2.39. The Balaban J connectivity index is 1.59. The van der Waals surface area contributed by atoms with Crippen molar-refractivity contribution < 1.29 is 19.0 Å². The van der Waals surface area contributed by atoms with Crippen molar-refractivity contribution in [3.63, 3.8) is 0 Å². The smallest absolute Gasteiger partial charge is 0.269 e. The third-order valence-electron chi connectivity index (χ3n) is 6.15. The number of fused-ring (bicyclic) bond motifs is 3. The number of benzene rings is 3. The van der Waals surface area contributed by atoms with Crippen molar-refractivity contribution >= 4 is 11.9 Å². The lowest BCUT2D eigenvalue weighted by molar-refractivity contribution is -0.607. The van der Waals surface area contributed by atoms with Crippen LogP contribution in [0.15, 0.2) is 72.8 Å². The van der Waals surface area contributed by atoms with Gasteiger partial charge in [-0.1, -0.05) is 42.5 Å². The molecule has 2 aliphatic rings. The number of nitrogens with zero attached hydrogens (tertiary/aromatic N) is 2. The summed E-state index contributed by atoms with van der Waals surface area (Å²) >= 11 is 0. The van der Waals surface area contributed by atoms with Gasteiger partial charge in [0.15, 0.2) is 18.5 Å². The van der Waals surface area contributed by atoms with Crippen LogP contribution in [0.2, 0.25) is 0 Å². The van der Waals surface area contributed by atoms with E-state index in [9.17, 15) is 10.1 Å². The highest BCUT2D eigenvalue weighted by Crippen LogP contribution is 2.37. The van der Waals surface area contributed by atoms with Crippen molar-refractivity contribution in [2.75, 3.05) is 6.61 Å². The third kappa shape index (κ3) is 3.83. The van der Waals surface area contributed by atoms with Crippen LogP contribution >= 0.6 is 0 Å². The lowest BCUT2D eigenvalue weighted by Crippen LogP contribution is -2.49. The summed E-state index contributed by atoms with van der Waals surface area (Å²) in [5.41, 5.74) is 5.78. The molecule has 0 saturated carbocycles. The first-order chi connectivity index (χ1) is 15.4. The Hall–Kier alpha value is -3.35. The largest absolute Gasteiger partial charge is 0.343 e. The van der Waals surface area contributed by atoms with Crippen LogP contribution in [0.1, 0.15) is 36.6 Å². The molecule has 2 heterocycles. The van der Waals surface area contributed by atoms with Gasteiger partial charge in [-0.15, -0.1) is 0 Å². The fourth-order valence-corrected chi connectivity index (χ4v) is 4.55. The highest BCUT2D eigenvalue weighted by atomic mass is 16.7. The van der Waals surface area contributed by atoms with Gasteiger partial charge < -0.3 is 9.47 Å². The van der Waals surface area contributed by atoms with Gasteiger partial charge in [0.1, 0.15) is 12.7 Å². The van der Waals surface area contributed by atoms with Gasteiger partial charge in [0.25, 0.3) is 5.69 Å². The monoisotopic (exact) mass is 429 g/mol. The Kier molecular flexibility index (Phi) is 5.12. The van der Waals surface area contributed by atoms with E-state index in [0.29, 0.717) is 13.2 Å². The molecule has 0 N–H and O–H groups in total. The van der Waals surface area contributed by atoms with Crippen LogP contribution in [0.4, 0.5) is 5.69 Å². The van der Waals surface area contributed by atoms with Crippen LogP contribution in [0.3, 0.4) is 0 Å². The molecule has 0 spiro atoms. The Morgan fingerprint density at radius 1 is 0.969 bits per heavy atom. The fourth-order valence-electron chi connectivity index (χ4n) is 4.55. The average molecular weight is 429 g/mol. The summed E-state index contributed by atoms with van der Waals surface area (Å²) in [5.74, 6) is -0.745. The van der Waals surface area contributed by atoms with Crippen LogP contribution in [-0.4, -0.2) is 34.1 Å². The Morgan fingerprint density at radius 2 is 1.66 bits per heavy atom. The second-order valence-corrected chi connectivity index (χ2v) is 8.71. The predicted octanol–water partition coefficient (Wildman–Crippen LogP) is 5.10. The minimum atomic E-state index is -0.745. The molecule has 0 radical (unpaired) electrons. The zero-order valence-corrected chi connectivity index (χ0v) is 18.1. The number of hydrogen-bond donors (Lipinski definition) is 0. The maximum Gasteiger partial charge on any atom is 0.269 e. The molecule has 32 heavy (non-hydrogen) atoms. The number of hydrogen-bond acceptors (Lipinski definition) is 4. The molecule has 1 saturated heterocycles. The standard InChI is InChI=1S/C26H25N2O4/c1-26(2)31-17-24(25(32-26)18-11-13-21(14-12-18)28(29)30)27-15-19-7-3-5-9-22(19)23-10-6-4-8-20(23)16-27/h3-15,24-25H,16-17H2,1-2H3/q+1/t24-,25-/m0/s1. The normalized spacial score (nSPS) is 21.6. The third-order valence-corrected chi connectivity index (χ3v) is 6.15. The maximum absolute atomic E-state index is 11.1. The summed E-state index contributed by atoms with van der Waals surface area (Å²) in [5, 5.41) is 11.1. The SMILES string of the molecule is CC1(C)OC[C@H]([N+]2=Cc3ccccc3-c3ccccc3C2)[C@H](c2ccc([N+](=O)[O-])cc2)O1. The molecule has 3 aromatic rings. The van der Waals surface area contributed by atoms with Crippen molar-refractivity contribution in [2.24, 2.45) is 0 Å². The molecule has 162 valence electrons. The molecular weight excluding hydrogens is 404 g/mol. The lowest BCUT2D eigenvalue weighted by atomic mass is 9.97. The van der Waals surface area contributed by atoms with E-state index in [4.69, 9.17) is 9.47 Å². The molecule has 1 fully saturated rings. The second kappa shape index (κ2) is 7.97. The van der Waals surface area contributed by atoms with E-state index in [0.717, 1.165) is 11.1 Å². The van der Waals surface area contributed by atoms with Gasteiger partial charge in [0.2, 0.25) is 6.04 Å². The van der Waals surface area contributed by atoms with Gasteiger partial charge in [0.05, 0.1) is 4.92 Å². The quantitative estimate of drug-likeness (QED) is 0.330. The van der Waals surface area contributed by atoms with Gasteiger partial charge in [-0.05, 0) is 48.7 Å². The van der Waals surface area contributed by atoms with Crippen LogP contribution in [0.5, 0.6) is 0 Å². The van der Waals surface area contributed by atoms with Gasteiger partial charge in [-0.2, -0.15) is 0 Å². The predicted molar refractivity (Wildman–Crippen MR) is 122 cm³/mol. The molecule has 2 aliphatic heterocycles.